The van der Waals surface area contributed by atoms with Crippen LogP contribution in [-0.4, -0.2) is 35.2 Å². The molecule has 0 amide bonds. The highest BCUT2D eigenvalue weighted by Crippen LogP contribution is 2.39. The molecule has 2 aliphatic heterocycles. The zero-order valence-corrected chi connectivity index (χ0v) is 12.5. The predicted molar refractivity (Wildman–Crippen MR) is 71.8 cm³/mol. The third kappa shape index (κ3) is 2.02. The molecule has 4 nitrogen and oxygen atoms in total. The maximum atomic E-state index is 5.98. The van der Waals surface area contributed by atoms with Crippen molar-refractivity contribution >= 4 is 15.9 Å². The van der Waals surface area contributed by atoms with E-state index in [1.807, 2.05) is 6.92 Å². The minimum Gasteiger partial charge on any atom is -0.378 e. The molecule has 1 spiro atoms. The van der Waals surface area contributed by atoms with Crippen molar-refractivity contribution in [3.8, 4) is 0 Å². The van der Waals surface area contributed by atoms with E-state index < -0.39 is 0 Å². The summed E-state index contributed by atoms with van der Waals surface area (Å²) in [6.07, 6.45) is 3.07. The highest BCUT2D eigenvalue weighted by atomic mass is 79.9. The summed E-state index contributed by atoms with van der Waals surface area (Å²) in [4.78, 5) is 0. The van der Waals surface area contributed by atoms with Crippen LogP contribution in [0, 0.1) is 13.8 Å². The Morgan fingerprint density at radius 2 is 2.22 bits per heavy atom. The average Bonchev–Trinajstić information content (AvgIpc) is 2.90. The lowest BCUT2D eigenvalue weighted by Gasteiger charge is -2.37. The molecule has 0 saturated carbocycles. The molecule has 0 radical (unpaired) electrons. The second kappa shape index (κ2) is 4.62. The number of rotatable bonds is 1. The first-order valence-electron chi connectivity index (χ1n) is 6.54. The second-order valence-electron chi connectivity index (χ2n) is 5.41. The van der Waals surface area contributed by atoms with Crippen molar-refractivity contribution in [1.82, 2.24) is 9.78 Å². The lowest BCUT2D eigenvalue weighted by molar-refractivity contribution is -0.0965. The summed E-state index contributed by atoms with van der Waals surface area (Å²) in [6.45, 7) is 6.54. The van der Waals surface area contributed by atoms with Gasteiger partial charge in [0.1, 0.15) is 0 Å². The Hall–Kier alpha value is -0.390. The number of aromatic nitrogens is 2. The van der Waals surface area contributed by atoms with Gasteiger partial charge in [-0.15, -0.1) is 0 Å². The Balaban J connectivity index is 1.85. The lowest BCUT2D eigenvalue weighted by Crippen LogP contribution is -2.41. The van der Waals surface area contributed by atoms with Crippen LogP contribution in [0.25, 0.3) is 0 Å². The van der Waals surface area contributed by atoms with Gasteiger partial charge in [0.05, 0.1) is 34.1 Å². The van der Waals surface area contributed by atoms with Crippen molar-refractivity contribution in [1.29, 1.82) is 0 Å². The summed E-state index contributed by atoms with van der Waals surface area (Å²) >= 11 is 3.60. The van der Waals surface area contributed by atoms with Gasteiger partial charge >= 0.3 is 0 Å². The Kier molecular flexibility index (Phi) is 3.24. The largest absolute Gasteiger partial charge is 0.378 e. The third-order valence-corrected chi connectivity index (χ3v) is 5.26. The zero-order valence-electron chi connectivity index (χ0n) is 10.9. The standard InChI is InChI=1S/C13H19BrN2O2/c1-9-12(14)10(2)16(15-9)11-3-5-18-13(7-11)4-6-17-8-13/h11H,3-8H2,1-2H3. The van der Waals surface area contributed by atoms with Gasteiger partial charge in [-0.1, -0.05) is 0 Å². The van der Waals surface area contributed by atoms with E-state index in [0.717, 1.165) is 49.2 Å². The smallest absolute Gasteiger partial charge is 0.0957 e. The number of hydrogen-bond donors (Lipinski definition) is 0. The molecule has 5 heteroatoms. The molecule has 2 fully saturated rings. The molecule has 0 aromatic carbocycles. The van der Waals surface area contributed by atoms with Crippen molar-refractivity contribution in [3.63, 3.8) is 0 Å². The van der Waals surface area contributed by atoms with Gasteiger partial charge in [0.15, 0.2) is 0 Å². The normalized spacial score (nSPS) is 32.3. The van der Waals surface area contributed by atoms with E-state index in [4.69, 9.17) is 9.47 Å². The molecule has 0 aliphatic carbocycles. The Bertz CT molecular complexity index is 452. The fraction of sp³-hybridized carbons (Fsp3) is 0.769. The van der Waals surface area contributed by atoms with E-state index in [1.165, 1.54) is 5.69 Å². The summed E-state index contributed by atoms with van der Waals surface area (Å²) in [7, 11) is 0. The minimum atomic E-state index is -0.0539. The van der Waals surface area contributed by atoms with Crippen LogP contribution in [0.2, 0.25) is 0 Å². The van der Waals surface area contributed by atoms with E-state index in [9.17, 15) is 0 Å². The number of nitrogens with zero attached hydrogens (tertiary/aromatic N) is 2. The van der Waals surface area contributed by atoms with Crippen LogP contribution in [0.3, 0.4) is 0 Å². The van der Waals surface area contributed by atoms with Gasteiger partial charge in [-0.2, -0.15) is 5.10 Å². The minimum absolute atomic E-state index is 0.0539. The Morgan fingerprint density at radius 3 is 2.83 bits per heavy atom. The van der Waals surface area contributed by atoms with Crippen molar-refractivity contribution in [2.24, 2.45) is 0 Å². The molecule has 2 saturated heterocycles. The molecule has 3 rings (SSSR count). The monoisotopic (exact) mass is 314 g/mol. The van der Waals surface area contributed by atoms with Crippen LogP contribution in [0.1, 0.15) is 36.7 Å². The van der Waals surface area contributed by atoms with Crippen molar-refractivity contribution in [2.75, 3.05) is 19.8 Å². The van der Waals surface area contributed by atoms with Crippen molar-refractivity contribution in [2.45, 2.75) is 44.8 Å². The Labute approximate surface area is 116 Å². The molecular weight excluding hydrogens is 296 g/mol. The average molecular weight is 315 g/mol. The molecule has 0 N–H and O–H groups in total. The topological polar surface area (TPSA) is 36.3 Å². The number of ether oxygens (including phenoxy) is 2. The van der Waals surface area contributed by atoms with Crippen LogP contribution in [0.4, 0.5) is 0 Å². The van der Waals surface area contributed by atoms with E-state index in [1.54, 1.807) is 0 Å². The second-order valence-corrected chi connectivity index (χ2v) is 6.20. The van der Waals surface area contributed by atoms with Crippen LogP contribution in [0.15, 0.2) is 4.47 Å². The van der Waals surface area contributed by atoms with Gasteiger partial charge in [0.25, 0.3) is 0 Å². The van der Waals surface area contributed by atoms with Gasteiger partial charge in [-0.3, -0.25) is 4.68 Å². The molecule has 2 unspecified atom stereocenters. The first-order chi connectivity index (χ1) is 8.61. The molecule has 18 heavy (non-hydrogen) atoms. The zero-order chi connectivity index (χ0) is 12.8. The highest BCUT2D eigenvalue weighted by Gasteiger charge is 2.42. The number of hydrogen-bond acceptors (Lipinski definition) is 3. The molecule has 3 heterocycles. The summed E-state index contributed by atoms with van der Waals surface area (Å²) < 4.78 is 14.8. The maximum Gasteiger partial charge on any atom is 0.0957 e. The highest BCUT2D eigenvalue weighted by molar-refractivity contribution is 9.10. The summed E-state index contributed by atoms with van der Waals surface area (Å²) in [6, 6.07) is 0.436. The van der Waals surface area contributed by atoms with Crippen LogP contribution in [0.5, 0.6) is 0 Å². The summed E-state index contributed by atoms with van der Waals surface area (Å²) in [5.41, 5.74) is 2.23. The molecular formula is C13H19BrN2O2. The lowest BCUT2D eigenvalue weighted by atomic mass is 9.90. The molecule has 100 valence electrons. The maximum absolute atomic E-state index is 5.98. The van der Waals surface area contributed by atoms with Crippen LogP contribution >= 0.6 is 15.9 Å². The molecule has 1 aromatic rings. The molecule has 0 bridgehead atoms. The van der Waals surface area contributed by atoms with Gasteiger partial charge in [-0.05, 0) is 36.2 Å². The molecule has 2 aliphatic rings. The fourth-order valence-corrected chi connectivity index (χ4v) is 3.33. The SMILES string of the molecule is Cc1nn(C2CCOC3(CCOC3)C2)c(C)c1Br. The molecule has 1 aromatic heterocycles. The van der Waals surface area contributed by atoms with Crippen LogP contribution < -0.4 is 0 Å². The first kappa shape index (κ1) is 12.6. The Morgan fingerprint density at radius 1 is 1.39 bits per heavy atom. The first-order valence-corrected chi connectivity index (χ1v) is 7.33. The molecule has 2 atom stereocenters. The van der Waals surface area contributed by atoms with Gasteiger partial charge in [0, 0.05) is 26.1 Å². The van der Waals surface area contributed by atoms with E-state index in [2.05, 4.69) is 32.6 Å². The van der Waals surface area contributed by atoms with Crippen molar-refractivity contribution in [3.05, 3.63) is 15.9 Å². The summed E-state index contributed by atoms with van der Waals surface area (Å²) in [5.74, 6) is 0. The number of aryl methyl sites for hydroxylation is 1. The van der Waals surface area contributed by atoms with Gasteiger partial charge < -0.3 is 9.47 Å². The van der Waals surface area contributed by atoms with Crippen molar-refractivity contribution < 1.29 is 9.47 Å². The van der Waals surface area contributed by atoms with Gasteiger partial charge in [-0.25, -0.2) is 0 Å². The van der Waals surface area contributed by atoms with E-state index >= 15 is 0 Å². The predicted octanol–water partition coefficient (Wildman–Crippen LogP) is 2.77. The number of halogens is 1. The van der Waals surface area contributed by atoms with Gasteiger partial charge in [0.2, 0.25) is 0 Å². The van der Waals surface area contributed by atoms with Crippen LogP contribution in [-0.2, 0) is 9.47 Å². The van der Waals surface area contributed by atoms with E-state index in [-0.39, 0.29) is 5.60 Å². The summed E-state index contributed by atoms with van der Waals surface area (Å²) in [5, 5.41) is 4.66. The quantitative estimate of drug-likeness (QED) is 0.799. The third-order valence-electron chi connectivity index (χ3n) is 4.12. The van der Waals surface area contributed by atoms with E-state index in [0.29, 0.717) is 6.04 Å². The fourth-order valence-electron chi connectivity index (χ4n) is 3.07.